The molecule has 1 saturated heterocycles. The minimum atomic E-state index is -0.292. The van der Waals surface area contributed by atoms with E-state index in [2.05, 4.69) is 32.4 Å². The molecule has 0 spiro atoms. The molecule has 0 aliphatic carbocycles. The molecule has 1 atom stereocenters. The average molecular weight is 262 g/mol. The molecule has 2 aromatic rings. The van der Waals surface area contributed by atoms with Gasteiger partial charge in [0.15, 0.2) is 5.65 Å². The number of anilines is 1. The second-order valence-corrected chi connectivity index (χ2v) is 4.79. The van der Waals surface area contributed by atoms with Crippen molar-refractivity contribution in [3.63, 3.8) is 0 Å². The minimum Gasteiger partial charge on any atom is -0.351 e. The van der Waals surface area contributed by atoms with E-state index in [1.54, 1.807) is 0 Å². The van der Waals surface area contributed by atoms with Crippen LogP contribution in [0.15, 0.2) is 16.9 Å². The largest absolute Gasteiger partial charge is 0.364 e. The fourth-order valence-electron chi connectivity index (χ4n) is 2.61. The molecule has 7 heteroatoms. The van der Waals surface area contributed by atoms with Crippen LogP contribution in [0.1, 0.15) is 19.8 Å². The molecule has 1 aliphatic heterocycles. The van der Waals surface area contributed by atoms with Crippen LogP contribution in [-0.2, 0) is 0 Å². The Labute approximate surface area is 110 Å². The maximum Gasteiger partial charge on any atom is 0.364 e. The van der Waals surface area contributed by atoms with Gasteiger partial charge in [0.2, 0.25) is 0 Å². The first-order valence-electron chi connectivity index (χ1n) is 6.71. The molecule has 0 aromatic carbocycles. The van der Waals surface area contributed by atoms with Crippen LogP contribution >= 0.6 is 0 Å². The summed E-state index contributed by atoms with van der Waals surface area (Å²) in [5.74, 6) is 0.844. The highest BCUT2D eigenvalue weighted by atomic mass is 16.2. The molecular weight excluding hydrogens is 244 g/mol. The molecule has 1 fully saturated rings. The molecule has 1 unspecified atom stereocenters. The van der Waals surface area contributed by atoms with Crippen molar-refractivity contribution in [1.29, 1.82) is 0 Å². The van der Waals surface area contributed by atoms with E-state index in [1.165, 1.54) is 4.52 Å². The number of H-pyrrole nitrogens is 1. The van der Waals surface area contributed by atoms with Crippen molar-refractivity contribution < 1.29 is 0 Å². The summed E-state index contributed by atoms with van der Waals surface area (Å²) in [5.41, 5.74) is 0.260. The standard InChI is InChI=1S/C12H18N6O/c1-2-13-8-9-4-3-7-17(9)11-6-5-10-14-15-12(19)18(10)16-11/h5-6,9,13H,2-4,7-8H2,1H3,(H,15,19). The Kier molecular flexibility index (Phi) is 3.20. The average Bonchev–Trinajstić information content (AvgIpc) is 3.03. The van der Waals surface area contributed by atoms with Crippen LogP contribution in [0.3, 0.4) is 0 Å². The smallest absolute Gasteiger partial charge is 0.351 e. The Morgan fingerprint density at radius 1 is 1.53 bits per heavy atom. The van der Waals surface area contributed by atoms with Gasteiger partial charge in [-0.15, -0.1) is 5.10 Å². The minimum absolute atomic E-state index is 0.292. The van der Waals surface area contributed by atoms with Crippen molar-refractivity contribution in [2.75, 3.05) is 24.5 Å². The van der Waals surface area contributed by atoms with Crippen LogP contribution in [0.5, 0.6) is 0 Å². The van der Waals surface area contributed by atoms with Crippen LogP contribution in [0, 0.1) is 0 Å². The Morgan fingerprint density at radius 3 is 3.26 bits per heavy atom. The summed E-state index contributed by atoms with van der Waals surface area (Å²) in [5, 5.41) is 14.1. The summed E-state index contributed by atoms with van der Waals surface area (Å²) < 4.78 is 1.32. The molecule has 2 N–H and O–H groups in total. The molecule has 19 heavy (non-hydrogen) atoms. The molecule has 7 nitrogen and oxygen atoms in total. The van der Waals surface area contributed by atoms with Crippen molar-refractivity contribution in [3.8, 4) is 0 Å². The Morgan fingerprint density at radius 2 is 2.42 bits per heavy atom. The molecule has 0 radical (unpaired) electrons. The molecule has 1 aliphatic rings. The summed E-state index contributed by atoms with van der Waals surface area (Å²) >= 11 is 0. The topological polar surface area (TPSA) is 78.3 Å². The maximum atomic E-state index is 11.6. The van der Waals surface area contributed by atoms with E-state index in [-0.39, 0.29) is 5.69 Å². The molecule has 102 valence electrons. The lowest BCUT2D eigenvalue weighted by Crippen LogP contribution is -2.38. The second kappa shape index (κ2) is 5.00. The van der Waals surface area contributed by atoms with E-state index in [0.29, 0.717) is 11.7 Å². The SMILES string of the molecule is CCNCC1CCCN1c1ccc2n[nH]c(=O)n2n1. The van der Waals surface area contributed by atoms with E-state index in [9.17, 15) is 4.79 Å². The van der Waals surface area contributed by atoms with Crippen LogP contribution in [0.2, 0.25) is 0 Å². The highest BCUT2D eigenvalue weighted by Crippen LogP contribution is 2.23. The van der Waals surface area contributed by atoms with Gasteiger partial charge in [0.25, 0.3) is 0 Å². The lowest BCUT2D eigenvalue weighted by atomic mass is 10.2. The van der Waals surface area contributed by atoms with E-state index in [4.69, 9.17) is 0 Å². The Balaban J connectivity index is 1.89. The Hall–Kier alpha value is -1.89. The summed E-state index contributed by atoms with van der Waals surface area (Å²) in [6.45, 7) is 5.02. The molecule has 0 bridgehead atoms. The van der Waals surface area contributed by atoms with Gasteiger partial charge in [0.05, 0.1) is 0 Å². The first-order chi connectivity index (χ1) is 9.29. The summed E-state index contributed by atoms with van der Waals surface area (Å²) in [6, 6.07) is 4.20. The predicted molar refractivity (Wildman–Crippen MR) is 72.5 cm³/mol. The molecule has 3 heterocycles. The highest BCUT2D eigenvalue weighted by Gasteiger charge is 2.25. The van der Waals surface area contributed by atoms with Gasteiger partial charge in [-0.25, -0.2) is 9.89 Å². The first kappa shape index (κ1) is 12.2. The second-order valence-electron chi connectivity index (χ2n) is 4.79. The van der Waals surface area contributed by atoms with Gasteiger partial charge >= 0.3 is 5.69 Å². The number of aromatic nitrogens is 4. The number of fused-ring (bicyclic) bond motifs is 1. The number of nitrogens with one attached hydrogen (secondary N) is 2. The summed E-state index contributed by atoms with van der Waals surface area (Å²) in [6.07, 6.45) is 2.32. The number of hydrogen-bond donors (Lipinski definition) is 2. The van der Waals surface area contributed by atoms with E-state index in [1.807, 2.05) is 12.1 Å². The third kappa shape index (κ3) is 2.21. The van der Waals surface area contributed by atoms with Gasteiger partial charge in [-0.1, -0.05) is 6.92 Å². The number of aromatic amines is 1. The number of rotatable bonds is 4. The van der Waals surface area contributed by atoms with Crippen molar-refractivity contribution in [2.24, 2.45) is 0 Å². The van der Waals surface area contributed by atoms with E-state index in [0.717, 1.165) is 38.3 Å². The van der Waals surface area contributed by atoms with Gasteiger partial charge in [-0.05, 0) is 31.5 Å². The van der Waals surface area contributed by atoms with Crippen molar-refractivity contribution in [3.05, 3.63) is 22.6 Å². The number of likely N-dealkylation sites (N-methyl/N-ethyl adjacent to an activating group) is 1. The fraction of sp³-hybridized carbons (Fsp3) is 0.583. The predicted octanol–water partition coefficient (Wildman–Crippen LogP) is -0.00410. The Bertz CT molecular complexity index is 618. The third-order valence-electron chi connectivity index (χ3n) is 3.56. The molecular formula is C12H18N6O. The molecule has 0 saturated carbocycles. The fourth-order valence-corrected chi connectivity index (χ4v) is 2.61. The number of nitrogens with zero attached hydrogens (tertiary/aromatic N) is 4. The lowest BCUT2D eigenvalue weighted by molar-refractivity contribution is 0.582. The molecule has 2 aromatic heterocycles. The van der Waals surface area contributed by atoms with Gasteiger partial charge in [-0.3, -0.25) is 0 Å². The van der Waals surface area contributed by atoms with Crippen LogP contribution in [0.25, 0.3) is 5.65 Å². The van der Waals surface area contributed by atoms with Crippen molar-refractivity contribution in [2.45, 2.75) is 25.8 Å². The van der Waals surface area contributed by atoms with E-state index >= 15 is 0 Å². The zero-order chi connectivity index (χ0) is 13.2. The summed E-state index contributed by atoms with van der Waals surface area (Å²) in [4.78, 5) is 13.8. The molecule has 3 rings (SSSR count). The van der Waals surface area contributed by atoms with Gasteiger partial charge < -0.3 is 10.2 Å². The van der Waals surface area contributed by atoms with Gasteiger partial charge in [0, 0.05) is 19.1 Å². The zero-order valence-corrected chi connectivity index (χ0v) is 11.0. The normalized spacial score (nSPS) is 19.4. The van der Waals surface area contributed by atoms with Crippen LogP contribution in [0.4, 0.5) is 5.82 Å². The third-order valence-corrected chi connectivity index (χ3v) is 3.56. The van der Waals surface area contributed by atoms with Gasteiger partial charge in [-0.2, -0.15) is 9.61 Å². The maximum absolute atomic E-state index is 11.6. The highest BCUT2D eigenvalue weighted by molar-refractivity contribution is 5.46. The zero-order valence-electron chi connectivity index (χ0n) is 11.0. The first-order valence-corrected chi connectivity index (χ1v) is 6.71. The number of hydrogen-bond acceptors (Lipinski definition) is 5. The van der Waals surface area contributed by atoms with Gasteiger partial charge in [0.1, 0.15) is 5.82 Å². The quantitative estimate of drug-likeness (QED) is 0.810. The summed E-state index contributed by atoms with van der Waals surface area (Å²) in [7, 11) is 0. The lowest BCUT2D eigenvalue weighted by Gasteiger charge is -2.25. The molecule has 0 amide bonds. The monoisotopic (exact) mass is 262 g/mol. The van der Waals surface area contributed by atoms with Crippen LogP contribution in [-0.4, -0.2) is 45.5 Å². The van der Waals surface area contributed by atoms with Crippen LogP contribution < -0.4 is 15.9 Å². The van der Waals surface area contributed by atoms with Crippen molar-refractivity contribution >= 4 is 11.5 Å². The van der Waals surface area contributed by atoms with Crippen molar-refractivity contribution in [1.82, 2.24) is 25.1 Å². The van der Waals surface area contributed by atoms with E-state index < -0.39 is 0 Å².